The van der Waals surface area contributed by atoms with E-state index >= 15 is 0 Å². The van der Waals surface area contributed by atoms with Crippen molar-refractivity contribution in [1.82, 2.24) is 19.7 Å². The highest BCUT2D eigenvalue weighted by Gasteiger charge is 2.23. The van der Waals surface area contributed by atoms with Gasteiger partial charge in [-0.3, -0.25) is 20.4 Å². The number of hydrogen-bond acceptors (Lipinski definition) is 4. The molecule has 1 heterocycles. The average molecular weight is 421 g/mol. The third-order valence-corrected chi connectivity index (χ3v) is 6.47. The first-order valence-electron chi connectivity index (χ1n) is 9.25. The number of rotatable bonds is 6. The predicted molar refractivity (Wildman–Crippen MR) is 111 cm³/mol. The molecule has 0 bridgehead atoms. The first kappa shape index (κ1) is 22.6. The number of hydrogen-bond donors (Lipinski definition) is 2. The lowest BCUT2D eigenvalue weighted by Gasteiger charge is -2.17. The summed E-state index contributed by atoms with van der Waals surface area (Å²) >= 11 is 0. The number of hydrazine groups is 1. The van der Waals surface area contributed by atoms with Gasteiger partial charge in [0, 0.05) is 24.5 Å². The topological polar surface area (TPSA) is 101 Å². The molecule has 2 N–H and O–H groups in total. The summed E-state index contributed by atoms with van der Waals surface area (Å²) < 4.78 is 28.0. The number of benzene rings is 1. The van der Waals surface area contributed by atoms with Crippen LogP contribution in [0.5, 0.6) is 0 Å². The van der Waals surface area contributed by atoms with Gasteiger partial charge in [0.2, 0.25) is 10.0 Å². The van der Waals surface area contributed by atoms with Crippen LogP contribution in [0.1, 0.15) is 47.2 Å². The first-order valence-corrected chi connectivity index (χ1v) is 10.7. The van der Waals surface area contributed by atoms with Gasteiger partial charge in [-0.05, 0) is 52.8 Å². The maximum absolute atomic E-state index is 12.5. The molecule has 8 nitrogen and oxygen atoms in total. The number of sulfonamides is 1. The Bertz CT molecular complexity index is 1010. The quantitative estimate of drug-likeness (QED) is 0.699. The minimum Gasteiger partial charge on any atom is -0.346 e. The van der Waals surface area contributed by atoms with Gasteiger partial charge in [0.05, 0.1) is 17.0 Å². The summed E-state index contributed by atoms with van der Waals surface area (Å²) in [4.78, 5) is 24.7. The summed E-state index contributed by atoms with van der Waals surface area (Å²) in [6.45, 7) is 9.22. The van der Waals surface area contributed by atoms with Crippen LogP contribution in [0.2, 0.25) is 0 Å². The largest absolute Gasteiger partial charge is 0.346 e. The third kappa shape index (κ3) is 5.04. The molecule has 9 heteroatoms. The fourth-order valence-corrected chi connectivity index (χ4v) is 4.34. The van der Waals surface area contributed by atoms with Gasteiger partial charge in [-0.15, -0.1) is 0 Å². The molecule has 0 aliphatic rings. The van der Waals surface area contributed by atoms with Gasteiger partial charge in [0.15, 0.2) is 0 Å². The van der Waals surface area contributed by atoms with Gasteiger partial charge < -0.3 is 4.57 Å². The molecule has 29 heavy (non-hydrogen) atoms. The van der Waals surface area contributed by atoms with Crippen molar-refractivity contribution >= 4 is 21.8 Å². The van der Waals surface area contributed by atoms with E-state index in [9.17, 15) is 18.0 Å². The molecule has 0 spiro atoms. The monoisotopic (exact) mass is 420 g/mol. The molecular weight excluding hydrogens is 392 g/mol. The van der Waals surface area contributed by atoms with E-state index in [-0.39, 0.29) is 10.9 Å². The van der Waals surface area contributed by atoms with Crippen LogP contribution in [0.4, 0.5) is 0 Å². The molecule has 0 saturated carbocycles. The van der Waals surface area contributed by atoms with Crippen LogP contribution in [0.25, 0.3) is 0 Å². The van der Waals surface area contributed by atoms with Crippen molar-refractivity contribution in [2.24, 2.45) is 0 Å². The molecule has 0 aliphatic heterocycles. The predicted octanol–water partition coefficient (Wildman–Crippen LogP) is 2.08. The van der Waals surface area contributed by atoms with Crippen LogP contribution >= 0.6 is 0 Å². The smallest absolute Gasteiger partial charge is 0.271 e. The zero-order chi connectivity index (χ0) is 21.9. The van der Waals surface area contributed by atoms with E-state index in [1.165, 1.54) is 19.2 Å². The number of carbonyl (C=O) groups is 2. The van der Waals surface area contributed by atoms with E-state index in [1.54, 1.807) is 18.2 Å². The van der Waals surface area contributed by atoms with Crippen molar-refractivity contribution in [2.75, 3.05) is 13.6 Å². The van der Waals surface area contributed by atoms with Crippen LogP contribution in [0.3, 0.4) is 0 Å². The number of nitrogens with zero attached hydrogens (tertiary/aromatic N) is 2. The second-order valence-corrected chi connectivity index (χ2v) is 9.37. The van der Waals surface area contributed by atoms with Gasteiger partial charge in [-0.25, -0.2) is 8.42 Å². The van der Waals surface area contributed by atoms with Crippen molar-refractivity contribution in [2.45, 2.75) is 45.6 Å². The Hall–Kier alpha value is -2.65. The highest BCUT2D eigenvalue weighted by Crippen LogP contribution is 2.20. The number of aromatic nitrogens is 1. The number of aryl methyl sites for hydroxylation is 2. The van der Waals surface area contributed by atoms with E-state index in [1.807, 2.05) is 39.2 Å². The molecule has 158 valence electrons. The Balaban J connectivity index is 2.00. The molecule has 1 aromatic heterocycles. The molecule has 0 fully saturated rings. The molecule has 0 saturated heterocycles. The fraction of sp³-hybridized carbons (Fsp3) is 0.400. The molecule has 2 amide bonds. The van der Waals surface area contributed by atoms with E-state index in [0.717, 1.165) is 21.3 Å². The molecule has 0 atom stereocenters. The Morgan fingerprint density at radius 1 is 1.07 bits per heavy atom. The van der Waals surface area contributed by atoms with Crippen molar-refractivity contribution < 1.29 is 18.0 Å². The van der Waals surface area contributed by atoms with Gasteiger partial charge in [0.1, 0.15) is 0 Å². The molecule has 0 radical (unpaired) electrons. The second kappa shape index (κ2) is 8.79. The first-order chi connectivity index (χ1) is 13.4. The lowest BCUT2D eigenvalue weighted by Crippen LogP contribution is -2.46. The molecular formula is C20H28N4O4S. The lowest BCUT2D eigenvalue weighted by molar-refractivity contribution is -0.121. The maximum atomic E-state index is 12.5. The van der Waals surface area contributed by atoms with Crippen LogP contribution in [0.15, 0.2) is 35.2 Å². The zero-order valence-corrected chi connectivity index (χ0v) is 18.4. The van der Waals surface area contributed by atoms with E-state index < -0.39 is 28.4 Å². The van der Waals surface area contributed by atoms with Crippen LogP contribution in [0, 0.1) is 20.8 Å². The van der Waals surface area contributed by atoms with E-state index in [4.69, 9.17) is 0 Å². The minimum atomic E-state index is -3.80. The van der Waals surface area contributed by atoms with Crippen LogP contribution in [-0.4, -0.2) is 42.7 Å². The van der Waals surface area contributed by atoms with E-state index in [2.05, 4.69) is 10.9 Å². The highest BCUT2D eigenvalue weighted by molar-refractivity contribution is 7.89. The number of amides is 2. The molecule has 0 unspecified atom stereocenters. The number of likely N-dealkylation sites (N-methyl/N-ethyl adjacent to an activating group) is 1. The van der Waals surface area contributed by atoms with Crippen molar-refractivity contribution in [3.05, 3.63) is 52.8 Å². The highest BCUT2D eigenvalue weighted by atomic mass is 32.2. The number of nitrogens with one attached hydrogen (secondary N) is 2. The van der Waals surface area contributed by atoms with Crippen LogP contribution in [-0.2, 0) is 14.8 Å². The van der Waals surface area contributed by atoms with Gasteiger partial charge in [-0.2, -0.15) is 4.31 Å². The summed E-state index contributed by atoms with van der Waals surface area (Å²) in [6, 6.07) is 8.32. The zero-order valence-electron chi connectivity index (χ0n) is 17.6. The van der Waals surface area contributed by atoms with Gasteiger partial charge in [0.25, 0.3) is 11.8 Å². The Morgan fingerprint density at radius 2 is 1.66 bits per heavy atom. The summed E-state index contributed by atoms with van der Waals surface area (Å²) in [7, 11) is -2.49. The SMILES string of the molecule is Cc1ccc(S(=O)(=O)N(C)CC(=O)NNC(=O)c2cc(C)n(C(C)C)c2C)cc1. The molecule has 2 rings (SSSR count). The average Bonchev–Trinajstić information content (AvgIpc) is 2.94. The Kier molecular flexibility index (Phi) is 6.86. The third-order valence-electron chi connectivity index (χ3n) is 4.66. The molecule has 1 aromatic carbocycles. The van der Waals surface area contributed by atoms with Crippen LogP contribution < -0.4 is 10.9 Å². The van der Waals surface area contributed by atoms with Crippen molar-refractivity contribution in [3.63, 3.8) is 0 Å². The summed E-state index contributed by atoms with van der Waals surface area (Å²) in [5.41, 5.74) is 7.75. The Labute approximate surface area is 171 Å². The fourth-order valence-electron chi connectivity index (χ4n) is 3.21. The summed E-state index contributed by atoms with van der Waals surface area (Å²) in [6.07, 6.45) is 0. The maximum Gasteiger partial charge on any atom is 0.271 e. The lowest BCUT2D eigenvalue weighted by atomic mass is 10.2. The Morgan fingerprint density at radius 3 is 2.17 bits per heavy atom. The molecule has 2 aromatic rings. The number of carbonyl (C=O) groups excluding carboxylic acids is 2. The summed E-state index contributed by atoms with van der Waals surface area (Å²) in [5.74, 6) is -1.10. The summed E-state index contributed by atoms with van der Waals surface area (Å²) in [5, 5.41) is 0. The molecule has 0 aliphatic carbocycles. The normalized spacial score (nSPS) is 11.7. The minimum absolute atomic E-state index is 0.101. The van der Waals surface area contributed by atoms with Gasteiger partial charge in [-0.1, -0.05) is 17.7 Å². The second-order valence-electron chi connectivity index (χ2n) is 7.32. The van der Waals surface area contributed by atoms with Crippen molar-refractivity contribution in [3.8, 4) is 0 Å². The standard InChI is InChI=1S/C20H28N4O4S/c1-13(2)24-15(4)11-18(16(24)5)20(26)22-21-19(25)12-23(6)29(27,28)17-9-7-14(3)8-10-17/h7-11,13H,12H2,1-6H3,(H,21,25)(H,22,26). The van der Waals surface area contributed by atoms with Crippen molar-refractivity contribution in [1.29, 1.82) is 0 Å². The van der Waals surface area contributed by atoms with E-state index in [0.29, 0.717) is 5.56 Å². The van der Waals surface area contributed by atoms with Gasteiger partial charge >= 0.3 is 0 Å².